The van der Waals surface area contributed by atoms with Crippen LogP contribution in [0.4, 0.5) is 0 Å². The SMILES string of the molecule is ClCC1(c2cccc(Cl)n2)CO1. The fourth-order valence-corrected chi connectivity index (χ4v) is 1.50. The molecule has 64 valence electrons. The minimum absolute atomic E-state index is 0.355. The second kappa shape index (κ2) is 2.87. The van der Waals surface area contributed by atoms with E-state index in [9.17, 15) is 0 Å². The summed E-state index contributed by atoms with van der Waals surface area (Å²) < 4.78 is 5.23. The monoisotopic (exact) mass is 203 g/mol. The van der Waals surface area contributed by atoms with Crippen molar-refractivity contribution in [3.05, 3.63) is 29.0 Å². The van der Waals surface area contributed by atoms with Gasteiger partial charge in [-0.3, -0.25) is 0 Å². The summed E-state index contributed by atoms with van der Waals surface area (Å²) in [5.74, 6) is 0.431. The van der Waals surface area contributed by atoms with Crippen LogP contribution in [0.1, 0.15) is 5.69 Å². The molecule has 1 aliphatic rings. The van der Waals surface area contributed by atoms with E-state index in [1.165, 1.54) is 0 Å². The summed E-state index contributed by atoms with van der Waals surface area (Å²) in [5.41, 5.74) is 0.469. The van der Waals surface area contributed by atoms with Gasteiger partial charge in [-0.05, 0) is 12.1 Å². The van der Waals surface area contributed by atoms with E-state index in [-0.39, 0.29) is 5.60 Å². The Morgan fingerprint density at radius 2 is 2.33 bits per heavy atom. The molecule has 0 saturated carbocycles. The highest BCUT2D eigenvalue weighted by Crippen LogP contribution is 2.38. The van der Waals surface area contributed by atoms with Crippen LogP contribution in [0.15, 0.2) is 18.2 Å². The van der Waals surface area contributed by atoms with Gasteiger partial charge in [0.1, 0.15) is 10.8 Å². The van der Waals surface area contributed by atoms with Crippen molar-refractivity contribution in [2.24, 2.45) is 0 Å². The Balaban J connectivity index is 2.34. The first-order chi connectivity index (χ1) is 5.77. The van der Waals surface area contributed by atoms with Gasteiger partial charge in [-0.25, -0.2) is 4.98 Å². The lowest BCUT2D eigenvalue weighted by Crippen LogP contribution is -2.12. The van der Waals surface area contributed by atoms with Crippen molar-refractivity contribution in [1.29, 1.82) is 0 Å². The van der Waals surface area contributed by atoms with Crippen molar-refractivity contribution < 1.29 is 4.74 Å². The molecule has 4 heteroatoms. The molecule has 0 radical (unpaired) electrons. The summed E-state index contributed by atoms with van der Waals surface area (Å²) in [5, 5.41) is 0.479. The average Bonchev–Trinajstić information content (AvgIpc) is 2.84. The quantitative estimate of drug-likeness (QED) is 0.419. The molecule has 0 aliphatic carbocycles. The van der Waals surface area contributed by atoms with Gasteiger partial charge in [0.05, 0.1) is 18.2 Å². The fourth-order valence-electron chi connectivity index (χ4n) is 1.04. The molecule has 0 spiro atoms. The van der Waals surface area contributed by atoms with E-state index in [0.717, 1.165) is 5.69 Å². The first kappa shape index (κ1) is 8.30. The Morgan fingerprint density at radius 3 is 2.83 bits per heavy atom. The van der Waals surface area contributed by atoms with Gasteiger partial charge in [0.2, 0.25) is 0 Å². The van der Waals surface area contributed by atoms with Gasteiger partial charge in [0, 0.05) is 0 Å². The molecule has 2 rings (SSSR count). The number of aromatic nitrogens is 1. The van der Waals surface area contributed by atoms with E-state index in [1.54, 1.807) is 6.07 Å². The van der Waals surface area contributed by atoms with E-state index in [2.05, 4.69) is 4.98 Å². The van der Waals surface area contributed by atoms with Crippen LogP contribution in [-0.2, 0) is 10.3 Å². The molecule has 12 heavy (non-hydrogen) atoms. The number of rotatable bonds is 2. The Labute approximate surface area is 80.5 Å². The van der Waals surface area contributed by atoms with Gasteiger partial charge >= 0.3 is 0 Å². The second-order valence-corrected chi connectivity index (χ2v) is 3.42. The van der Waals surface area contributed by atoms with Crippen molar-refractivity contribution >= 4 is 23.2 Å². The first-order valence-corrected chi connectivity index (χ1v) is 4.51. The smallest absolute Gasteiger partial charge is 0.147 e. The maximum atomic E-state index is 5.73. The van der Waals surface area contributed by atoms with Gasteiger partial charge in [-0.2, -0.15) is 0 Å². The number of pyridine rings is 1. The minimum Gasteiger partial charge on any atom is -0.362 e. The van der Waals surface area contributed by atoms with E-state index in [0.29, 0.717) is 17.6 Å². The second-order valence-electron chi connectivity index (χ2n) is 2.76. The number of alkyl halides is 1. The number of nitrogens with zero attached hydrogens (tertiary/aromatic N) is 1. The molecule has 1 unspecified atom stereocenters. The van der Waals surface area contributed by atoms with Crippen molar-refractivity contribution in [1.82, 2.24) is 4.98 Å². The lowest BCUT2D eigenvalue weighted by Gasteiger charge is -2.06. The zero-order chi connectivity index (χ0) is 8.60. The maximum Gasteiger partial charge on any atom is 0.147 e. The standard InChI is InChI=1S/C8H7Cl2NO/c9-4-8(5-12-8)6-2-1-3-7(10)11-6/h1-3H,4-5H2. The minimum atomic E-state index is -0.355. The van der Waals surface area contributed by atoms with Crippen LogP contribution in [0, 0.1) is 0 Å². The lowest BCUT2D eigenvalue weighted by molar-refractivity contribution is 0.327. The predicted octanol–water partition coefficient (Wildman–Crippen LogP) is 2.20. The molecule has 2 heterocycles. The largest absolute Gasteiger partial charge is 0.362 e. The number of hydrogen-bond donors (Lipinski definition) is 0. The zero-order valence-electron chi connectivity index (χ0n) is 6.26. The molecule has 1 fully saturated rings. The van der Waals surface area contributed by atoms with Crippen molar-refractivity contribution in [3.8, 4) is 0 Å². The summed E-state index contributed by atoms with van der Waals surface area (Å²) >= 11 is 11.5. The van der Waals surface area contributed by atoms with Gasteiger partial charge in [0.15, 0.2) is 0 Å². The molecule has 1 aromatic heterocycles. The van der Waals surface area contributed by atoms with Gasteiger partial charge in [0.25, 0.3) is 0 Å². The Hall–Kier alpha value is -0.310. The summed E-state index contributed by atoms with van der Waals surface area (Å²) in [6.45, 7) is 0.643. The average molecular weight is 204 g/mol. The summed E-state index contributed by atoms with van der Waals surface area (Å²) in [7, 11) is 0. The van der Waals surface area contributed by atoms with E-state index in [1.807, 2.05) is 12.1 Å². The van der Waals surface area contributed by atoms with Crippen molar-refractivity contribution in [2.45, 2.75) is 5.60 Å². The fraction of sp³-hybridized carbons (Fsp3) is 0.375. The highest BCUT2D eigenvalue weighted by Gasteiger charge is 2.47. The molecule has 1 aromatic rings. The molecule has 2 nitrogen and oxygen atoms in total. The molecule has 1 saturated heterocycles. The van der Waals surface area contributed by atoms with Crippen LogP contribution in [-0.4, -0.2) is 17.5 Å². The molecular weight excluding hydrogens is 197 g/mol. The van der Waals surface area contributed by atoms with Crippen LogP contribution >= 0.6 is 23.2 Å². The Morgan fingerprint density at radius 1 is 1.58 bits per heavy atom. The number of hydrogen-bond acceptors (Lipinski definition) is 2. The van der Waals surface area contributed by atoms with Crippen LogP contribution < -0.4 is 0 Å². The van der Waals surface area contributed by atoms with Gasteiger partial charge in [-0.15, -0.1) is 11.6 Å². The molecule has 1 atom stereocenters. The summed E-state index contributed by atoms with van der Waals surface area (Å²) in [6, 6.07) is 5.46. The lowest BCUT2D eigenvalue weighted by atomic mass is 10.1. The van der Waals surface area contributed by atoms with E-state index >= 15 is 0 Å². The van der Waals surface area contributed by atoms with E-state index in [4.69, 9.17) is 27.9 Å². The Kier molecular flexibility index (Phi) is 1.99. The molecule has 0 amide bonds. The number of ether oxygens (including phenoxy) is 1. The third kappa shape index (κ3) is 1.30. The molecule has 1 aliphatic heterocycles. The number of epoxide rings is 1. The third-order valence-electron chi connectivity index (χ3n) is 1.89. The van der Waals surface area contributed by atoms with Crippen molar-refractivity contribution in [2.75, 3.05) is 12.5 Å². The molecule has 0 aromatic carbocycles. The molecular formula is C8H7Cl2NO. The van der Waals surface area contributed by atoms with Crippen LogP contribution in [0.3, 0.4) is 0 Å². The van der Waals surface area contributed by atoms with Gasteiger partial charge < -0.3 is 4.74 Å². The Bertz CT molecular complexity index is 299. The van der Waals surface area contributed by atoms with Crippen LogP contribution in [0.2, 0.25) is 5.15 Å². The topological polar surface area (TPSA) is 25.4 Å². The summed E-state index contributed by atoms with van der Waals surface area (Å²) in [6.07, 6.45) is 0. The zero-order valence-corrected chi connectivity index (χ0v) is 7.77. The van der Waals surface area contributed by atoms with Crippen molar-refractivity contribution in [3.63, 3.8) is 0 Å². The van der Waals surface area contributed by atoms with Crippen LogP contribution in [0.25, 0.3) is 0 Å². The summed E-state index contributed by atoms with van der Waals surface area (Å²) in [4.78, 5) is 4.13. The number of halogens is 2. The molecule has 0 bridgehead atoms. The maximum absolute atomic E-state index is 5.73. The highest BCUT2D eigenvalue weighted by molar-refractivity contribution is 6.29. The van der Waals surface area contributed by atoms with Crippen LogP contribution in [0.5, 0.6) is 0 Å². The molecule has 0 N–H and O–H groups in total. The highest BCUT2D eigenvalue weighted by atomic mass is 35.5. The third-order valence-corrected chi connectivity index (χ3v) is 2.53. The predicted molar refractivity (Wildman–Crippen MR) is 47.6 cm³/mol. The van der Waals surface area contributed by atoms with E-state index < -0.39 is 0 Å². The normalized spacial score (nSPS) is 27.2. The van der Waals surface area contributed by atoms with Gasteiger partial charge in [-0.1, -0.05) is 17.7 Å². The first-order valence-electron chi connectivity index (χ1n) is 3.60.